The molecule has 2 aromatic rings. The van der Waals surface area contributed by atoms with E-state index in [1.54, 1.807) is 12.1 Å². The number of benzene rings is 2. The molecule has 2 nitrogen and oxygen atoms in total. The molecule has 1 aliphatic rings. The number of fused-ring (bicyclic) bond motifs is 1. The van der Waals surface area contributed by atoms with Crippen molar-refractivity contribution in [2.75, 3.05) is 5.32 Å². The Bertz CT molecular complexity index is 675. The zero-order valence-electron chi connectivity index (χ0n) is 9.58. The topological polar surface area (TPSA) is 29.1 Å². The summed E-state index contributed by atoms with van der Waals surface area (Å²) in [5.74, 6) is -0.169. The van der Waals surface area contributed by atoms with E-state index in [1.165, 1.54) is 0 Å². The standard InChI is InChI=1S/C14H8BrCl2NO/c15-14(8-4-2-1-3-5-8)11-10(18-13(14)19)7-6-9(16)12(11)17/h1-7H,(H,18,19). The van der Waals surface area contributed by atoms with Gasteiger partial charge in [0.15, 0.2) is 4.32 Å². The van der Waals surface area contributed by atoms with Gasteiger partial charge in [-0.05, 0) is 17.7 Å². The van der Waals surface area contributed by atoms with Crippen molar-refractivity contribution in [3.8, 4) is 0 Å². The first-order valence-corrected chi connectivity index (χ1v) is 7.14. The maximum Gasteiger partial charge on any atom is 0.250 e. The van der Waals surface area contributed by atoms with Crippen LogP contribution < -0.4 is 5.32 Å². The number of carbonyl (C=O) groups is 1. The van der Waals surface area contributed by atoms with Crippen molar-refractivity contribution in [3.63, 3.8) is 0 Å². The van der Waals surface area contributed by atoms with Gasteiger partial charge in [-0.1, -0.05) is 69.5 Å². The lowest BCUT2D eigenvalue weighted by atomic mass is 9.92. The fourth-order valence-electron chi connectivity index (χ4n) is 2.26. The van der Waals surface area contributed by atoms with Crippen LogP contribution in [-0.2, 0) is 9.12 Å². The predicted octanol–water partition coefficient (Wildman–Crippen LogP) is 4.58. The van der Waals surface area contributed by atoms with Gasteiger partial charge in [-0.3, -0.25) is 4.79 Å². The molecule has 0 saturated heterocycles. The normalized spacial score (nSPS) is 21.1. The van der Waals surface area contributed by atoms with Gasteiger partial charge in [-0.15, -0.1) is 0 Å². The van der Waals surface area contributed by atoms with Crippen LogP contribution >= 0.6 is 39.1 Å². The number of halogens is 3. The molecule has 0 aromatic heterocycles. The van der Waals surface area contributed by atoms with E-state index in [0.717, 1.165) is 5.56 Å². The molecule has 0 spiro atoms. The van der Waals surface area contributed by atoms with Crippen LogP contribution in [0.1, 0.15) is 11.1 Å². The molecule has 1 aliphatic heterocycles. The Balaban J connectivity index is 2.31. The van der Waals surface area contributed by atoms with Crippen molar-refractivity contribution in [2.24, 2.45) is 0 Å². The van der Waals surface area contributed by atoms with Crippen LogP contribution in [0.3, 0.4) is 0 Å². The first kappa shape index (κ1) is 13.0. The average Bonchev–Trinajstić information content (AvgIpc) is 2.69. The van der Waals surface area contributed by atoms with E-state index < -0.39 is 4.32 Å². The van der Waals surface area contributed by atoms with Crippen LogP contribution in [0.5, 0.6) is 0 Å². The molecule has 1 amide bonds. The molecule has 0 saturated carbocycles. The van der Waals surface area contributed by atoms with Crippen molar-refractivity contribution in [2.45, 2.75) is 4.32 Å². The highest BCUT2D eigenvalue weighted by Gasteiger charge is 2.48. The lowest BCUT2D eigenvalue weighted by molar-refractivity contribution is -0.116. The molecule has 0 bridgehead atoms. The minimum Gasteiger partial charge on any atom is -0.324 e. The summed E-state index contributed by atoms with van der Waals surface area (Å²) in [7, 11) is 0. The van der Waals surface area contributed by atoms with E-state index in [4.69, 9.17) is 23.2 Å². The number of hydrogen-bond donors (Lipinski definition) is 1. The Kier molecular flexibility index (Phi) is 3.08. The van der Waals surface area contributed by atoms with Crippen LogP contribution in [-0.4, -0.2) is 5.91 Å². The first-order valence-electron chi connectivity index (χ1n) is 5.59. The lowest BCUT2D eigenvalue weighted by Gasteiger charge is -2.21. The Hall–Kier alpha value is -1.03. The van der Waals surface area contributed by atoms with Crippen molar-refractivity contribution in [3.05, 3.63) is 63.6 Å². The van der Waals surface area contributed by atoms with Gasteiger partial charge in [0.2, 0.25) is 0 Å². The van der Waals surface area contributed by atoms with E-state index in [-0.39, 0.29) is 5.91 Å². The van der Waals surface area contributed by atoms with Crippen molar-refractivity contribution in [1.29, 1.82) is 0 Å². The quantitative estimate of drug-likeness (QED) is 0.744. The zero-order chi connectivity index (χ0) is 13.6. The van der Waals surface area contributed by atoms with Gasteiger partial charge in [-0.2, -0.15) is 0 Å². The third-order valence-corrected chi connectivity index (χ3v) is 5.19. The Morgan fingerprint density at radius 2 is 1.74 bits per heavy atom. The second kappa shape index (κ2) is 4.51. The molecule has 0 radical (unpaired) electrons. The molecule has 2 aromatic carbocycles. The number of amides is 1. The minimum absolute atomic E-state index is 0.169. The number of rotatable bonds is 1. The highest BCUT2D eigenvalue weighted by Crippen LogP contribution is 2.51. The maximum atomic E-state index is 12.4. The van der Waals surface area contributed by atoms with Gasteiger partial charge in [-0.25, -0.2) is 0 Å². The summed E-state index contributed by atoms with van der Waals surface area (Å²) in [4.78, 5) is 12.4. The lowest BCUT2D eigenvalue weighted by Crippen LogP contribution is -2.29. The summed E-state index contributed by atoms with van der Waals surface area (Å²) >= 11 is 15.9. The summed E-state index contributed by atoms with van der Waals surface area (Å²) in [5.41, 5.74) is 2.16. The number of hydrogen-bond acceptors (Lipinski definition) is 1. The second-order valence-electron chi connectivity index (χ2n) is 4.26. The minimum atomic E-state index is -0.994. The van der Waals surface area contributed by atoms with E-state index in [9.17, 15) is 4.79 Å². The van der Waals surface area contributed by atoms with E-state index >= 15 is 0 Å². The molecular formula is C14H8BrCl2NO. The van der Waals surface area contributed by atoms with Crippen LogP contribution in [0.15, 0.2) is 42.5 Å². The average molecular weight is 357 g/mol. The van der Waals surface area contributed by atoms with Crippen LogP contribution in [0, 0.1) is 0 Å². The van der Waals surface area contributed by atoms with Crippen LogP contribution in [0.2, 0.25) is 10.0 Å². The molecule has 19 heavy (non-hydrogen) atoms. The number of nitrogens with one attached hydrogen (secondary N) is 1. The molecular weight excluding hydrogens is 349 g/mol. The van der Waals surface area contributed by atoms with Crippen molar-refractivity contribution >= 4 is 50.7 Å². The molecule has 96 valence electrons. The number of alkyl halides is 1. The number of carbonyl (C=O) groups excluding carboxylic acids is 1. The highest BCUT2D eigenvalue weighted by atomic mass is 79.9. The molecule has 0 fully saturated rings. The fraction of sp³-hybridized carbons (Fsp3) is 0.0714. The van der Waals surface area contributed by atoms with Crippen LogP contribution in [0.4, 0.5) is 5.69 Å². The van der Waals surface area contributed by atoms with Gasteiger partial charge in [0.1, 0.15) is 0 Å². The summed E-state index contributed by atoms with van der Waals surface area (Å²) < 4.78 is -0.994. The highest BCUT2D eigenvalue weighted by molar-refractivity contribution is 9.10. The van der Waals surface area contributed by atoms with Gasteiger partial charge in [0.25, 0.3) is 5.91 Å². The first-order chi connectivity index (χ1) is 9.05. The number of anilines is 1. The molecule has 1 atom stereocenters. The van der Waals surface area contributed by atoms with Gasteiger partial charge in [0.05, 0.1) is 10.0 Å². The smallest absolute Gasteiger partial charge is 0.250 e. The monoisotopic (exact) mass is 355 g/mol. The maximum absolute atomic E-state index is 12.4. The Morgan fingerprint density at radius 1 is 1.05 bits per heavy atom. The van der Waals surface area contributed by atoms with Crippen LogP contribution in [0.25, 0.3) is 0 Å². The third-order valence-electron chi connectivity index (χ3n) is 3.17. The molecule has 5 heteroatoms. The summed E-state index contributed by atoms with van der Waals surface area (Å²) in [6, 6.07) is 12.8. The molecule has 1 N–H and O–H groups in total. The fourth-order valence-corrected chi connectivity index (χ4v) is 3.61. The third kappa shape index (κ3) is 1.80. The summed E-state index contributed by atoms with van der Waals surface area (Å²) in [6.07, 6.45) is 0. The SMILES string of the molecule is O=C1Nc2ccc(Cl)c(Cl)c2C1(Br)c1ccccc1. The summed E-state index contributed by atoms with van der Waals surface area (Å²) in [6.45, 7) is 0. The Morgan fingerprint density at radius 3 is 2.42 bits per heavy atom. The van der Waals surface area contributed by atoms with Gasteiger partial charge >= 0.3 is 0 Å². The van der Waals surface area contributed by atoms with Gasteiger partial charge in [0, 0.05) is 11.3 Å². The summed E-state index contributed by atoms with van der Waals surface area (Å²) in [5, 5.41) is 3.64. The van der Waals surface area contributed by atoms with E-state index in [2.05, 4.69) is 21.2 Å². The molecule has 1 heterocycles. The molecule has 0 aliphatic carbocycles. The van der Waals surface area contributed by atoms with Gasteiger partial charge < -0.3 is 5.32 Å². The van der Waals surface area contributed by atoms with Crippen molar-refractivity contribution in [1.82, 2.24) is 0 Å². The zero-order valence-corrected chi connectivity index (χ0v) is 12.7. The van der Waals surface area contributed by atoms with E-state index in [1.807, 2.05) is 30.3 Å². The van der Waals surface area contributed by atoms with Crippen molar-refractivity contribution < 1.29 is 4.79 Å². The molecule has 1 unspecified atom stereocenters. The molecule has 3 rings (SSSR count). The predicted molar refractivity (Wildman–Crippen MR) is 81.2 cm³/mol. The second-order valence-corrected chi connectivity index (χ2v) is 6.24. The Labute approximate surface area is 128 Å². The largest absolute Gasteiger partial charge is 0.324 e. The van der Waals surface area contributed by atoms with E-state index in [0.29, 0.717) is 21.3 Å².